The maximum Gasteiger partial charge on any atom is 0.224 e. The first kappa shape index (κ1) is 12.7. The normalized spacial score (nSPS) is 10.1. The van der Waals surface area contributed by atoms with Gasteiger partial charge in [-0.2, -0.15) is 12.6 Å². The molecule has 1 aromatic carbocycles. The lowest BCUT2D eigenvalue weighted by molar-refractivity contribution is -0.120. The third kappa shape index (κ3) is 3.93. The molecule has 1 amide bonds. The Morgan fingerprint density at radius 3 is 2.47 bits per heavy atom. The number of halogens is 2. The zero-order chi connectivity index (χ0) is 11.3. The van der Waals surface area contributed by atoms with Crippen molar-refractivity contribution in [3.8, 4) is 0 Å². The number of amides is 1. The van der Waals surface area contributed by atoms with E-state index in [0.29, 0.717) is 27.9 Å². The van der Waals surface area contributed by atoms with Crippen LogP contribution in [0.3, 0.4) is 0 Å². The van der Waals surface area contributed by atoms with Crippen molar-refractivity contribution in [2.45, 2.75) is 6.42 Å². The van der Waals surface area contributed by atoms with Crippen LogP contribution in [0, 0.1) is 0 Å². The van der Waals surface area contributed by atoms with Crippen molar-refractivity contribution >= 4 is 41.7 Å². The monoisotopic (exact) mass is 263 g/mol. The van der Waals surface area contributed by atoms with E-state index < -0.39 is 0 Å². The molecule has 0 atom stereocenters. The summed E-state index contributed by atoms with van der Waals surface area (Å²) in [5, 5.41) is 3.74. The number of rotatable bonds is 4. The molecular formula is C10H11Cl2NOS. The lowest BCUT2D eigenvalue weighted by atomic mass is 10.1. The summed E-state index contributed by atoms with van der Waals surface area (Å²) in [7, 11) is 0. The number of benzene rings is 1. The highest BCUT2D eigenvalue weighted by Crippen LogP contribution is 2.24. The van der Waals surface area contributed by atoms with Gasteiger partial charge in [0.1, 0.15) is 0 Å². The van der Waals surface area contributed by atoms with Crippen molar-refractivity contribution in [1.82, 2.24) is 5.32 Å². The first-order valence-electron chi connectivity index (χ1n) is 4.45. The van der Waals surface area contributed by atoms with Crippen molar-refractivity contribution < 1.29 is 4.79 Å². The fraction of sp³-hybridized carbons (Fsp3) is 0.300. The van der Waals surface area contributed by atoms with E-state index in [2.05, 4.69) is 17.9 Å². The van der Waals surface area contributed by atoms with Gasteiger partial charge in [0.25, 0.3) is 0 Å². The predicted octanol–water partition coefficient (Wildman–Crippen LogP) is 2.58. The van der Waals surface area contributed by atoms with Crippen LogP contribution in [0.4, 0.5) is 0 Å². The molecule has 5 heteroatoms. The first-order valence-corrected chi connectivity index (χ1v) is 5.84. The quantitative estimate of drug-likeness (QED) is 0.804. The van der Waals surface area contributed by atoms with Gasteiger partial charge in [0, 0.05) is 22.3 Å². The average molecular weight is 264 g/mol. The van der Waals surface area contributed by atoms with Crippen molar-refractivity contribution in [1.29, 1.82) is 0 Å². The Bertz CT molecular complexity index is 337. The molecule has 0 aliphatic heterocycles. The lowest BCUT2D eigenvalue weighted by Gasteiger charge is -2.06. The van der Waals surface area contributed by atoms with E-state index in [9.17, 15) is 4.79 Å². The van der Waals surface area contributed by atoms with Gasteiger partial charge in [-0.3, -0.25) is 4.79 Å². The summed E-state index contributed by atoms with van der Waals surface area (Å²) in [6, 6.07) is 5.18. The van der Waals surface area contributed by atoms with Crippen molar-refractivity contribution in [3.63, 3.8) is 0 Å². The van der Waals surface area contributed by atoms with Crippen LogP contribution in [0.25, 0.3) is 0 Å². The second-order valence-corrected chi connectivity index (χ2v) is 4.21. The smallest absolute Gasteiger partial charge is 0.224 e. The largest absolute Gasteiger partial charge is 0.355 e. The molecule has 0 heterocycles. The molecule has 0 saturated carbocycles. The highest BCUT2D eigenvalue weighted by atomic mass is 35.5. The summed E-state index contributed by atoms with van der Waals surface area (Å²) in [6.07, 6.45) is 0.201. The fourth-order valence-electron chi connectivity index (χ4n) is 1.12. The summed E-state index contributed by atoms with van der Waals surface area (Å²) in [4.78, 5) is 11.4. The second-order valence-electron chi connectivity index (χ2n) is 2.95. The van der Waals surface area contributed by atoms with Gasteiger partial charge in [-0.25, -0.2) is 0 Å². The third-order valence-corrected chi connectivity index (χ3v) is 2.76. The van der Waals surface area contributed by atoms with E-state index in [4.69, 9.17) is 23.2 Å². The predicted molar refractivity (Wildman–Crippen MR) is 67.0 cm³/mol. The van der Waals surface area contributed by atoms with Gasteiger partial charge in [-0.05, 0) is 17.7 Å². The van der Waals surface area contributed by atoms with Crippen molar-refractivity contribution in [3.05, 3.63) is 33.8 Å². The summed E-state index contributed by atoms with van der Waals surface area (Å²) < 4.78 is 0. The molecule has 0 spiro atoms. The van der Waals surface area contributed by atoms with Crippen LogP contribution in [0.15, 0.2) is 18.2 Å². The number of carbonyl (C=O) groups excluding carboxylic acids is 1. The Hall–Kier alpha value is -0.380. The van der Waals surface area contributed by atoms with Gasteiger partial charge in [0.05, 0.1) is 6.42 Å². The molecule has 0 aromatic heterocycles. The second kappa shape index (κ2) is 6.26. The summed E-state index contributed by atoms with van der Waals surface area (Å²) >= 11 is 15.9. The molecule has 1 N–H and O–H groups in total. The van der Waals surface area contributed by atoms with Gasteiger partial charge >= 0.3 is 0 Å². The minimum absolute atomic E-state index is 0.0981. The van der Waals surface area contributed by atoms with Gasteiger partial charge in [0.2, 0.25) is 5.91 Å². The van der Waals surface area contributed by atoms with Crippen LogP contribution in [0.5, 0.6) is 0 Å². The van der Waals surface area contributed by atoms with Crippen LogP contribution in [-0.2, 0) is 11.2 Å². The highest BCUT2D eigenvalue weighted by Gasteiger charge is 2.09. The topological polar surface area (TPSA) is 29.1 Å². The number of hydrogen-bond acceptors (Lipinski definition) is 2. The highest BCUT2D eigenvalue weighted by molar-refractivity contribution is 7.80. The molecule has 1 aromatic rings. The molecule has 0 saturated heterocycles. The molecule has 0 radical (unpaired) electrons. The maximum atomic E-state index is 11.4. The molecule has 1 rings (SSSR count). The third-order valence-electron chi connectivity index (χ3n) is 1.83. The molecule has 2 nitrogen and oxygen atoms in total. The van der Waals surface area contributed by atoms with Crippen molar-refractivity contribution in [2.24, 2.45) is 0 Å². The van der Waals surface area contributed by atoms with Gasteiger partial charge in [-0.15, -0.1) is 0 Å². The van der Waals surface area contributed by atoms with Crippen LogP contribution < -0.4 is 5.32 Å². The van der Waals surface area contributed by atoms with Crippen LogP contribution in [0.2, 0.25) is 10.0 Å². The Balaban J connectivity index is 2.68. The number of thiol groups is 1. The molecule has 0 fully saturated rings. The van der Waals surface area contributed by atoms with E-state index in [0.717, 1.165) is 0 Å². The van der Waals surface area contributed by atoms with Crippen LogP contribution >= 0.6 is 35.8 Å². The standard InChI is InChI=1S/C10H11Cl2NOS/c11-8-2-1-3-9(12)7(8)6-10(14)13-4-5-15/h1-3,15H,4-6H2,(H,13,14). The fourth-order valence-corrected chi connectivity index (χ4v) is 1.76. The van der Waals surface area contributed by atoms with Crippen LogP contribution in [-0.4, -0.2) is 18.2 Å². The minimum Gasteiger partial charge on any atom is -0.355 e. The van der Waals surface area contributed by atoms with Crippen LogP contribution in [0.1, 0.15) is 5.56 Å². The molecule has 0 unspecified atom stereocenters. The number of hydrogen-bond donors (Lipinski definition) is 2. The number of carbonyl (C=O) groups is 1. The Morgan fingerprint density at radius 2 is 1.93 bits per heavy atom. The van der Waals surface area contributed by atoms with E-state index in [1.54, 1.807) is 18.2 Å². The van der Waals surface area contributed by atoms with E-state index >= 15 is 0 Å². The van der Waals surface area contributed by atoms with Gasteiger partial charge < -0.3 is 5.32 Å². The maximum absolute atomic E-state index is 11.4. The Morgan fingerprint density at radius 1 is 1.33 bits per heavy atom. The van der Waals surface area contributed by atoms with E-state index in [1.807, 2.05) is 0 Å². The molecule has 0 aliphatic carbocycles. The lowest BCUT2D eigenvalue weighted by Crippen LogP contribution is -2.27. The summed E-state index contributed by atoms with van der Waals surface area (Å²) in [5.41, 5.74) is 0.664. The van der Waals surface area contributed by atoms with E-state index in [-0.39, 0.29) is 12.3 Å². The molecule has 82 valence electrons. The molecule has 15 heavy (non-hydrogen) atoms. The first-order chi connectivity index (χ1) is 7.15. The SMILES string of the molecule is O=C(Cc1c(Cl)cccc1Cl)NCCS. The summed E-state index contributed by atoms with van der Waals surface area (Å²) in [5.74, 6) is 0.515. The zero-order valence-electron chi connectivity index (χ0n) is 7.96. The Labute approximate surface area is 104 Å². The van der Waals surface area contributed by atoms with Gasteiger partial charge in [0.15, 0.2) is 0 Å². The Kier molecular flexibility index (Phi) is 5.29. The zero-order valence-corrected chi connectivity index (χ0v) is 10.4. The minimum atomic E-state index is -0.0981. The molecule has 0 bridgehead atoms. The average Bonchev–Trinajstić information content (AvgIpc) is 2.21. The molecular weight excluding hydrogens is 253 g/mol. The summed E-state index contributed by atoms with van der Waals surface area (Å²) in [6.45, 7) is 0.546. The van der Waals surface area contributed by atoms with Gasteiger partial charge in [-0.1, -0.05) is 29.3 Å². The van der Waals surface area contributed by atoms with E-state index in [1.165, 1.54) is 0 Å². The van der Waals surface area contributed by atoms with Crippen molar-refractivity contribution in [2.75, 3.05) is 12.3 Å². The number of nitrogens with one attached hydrogen (secondary N) is 1. The molecule has 0 aliphatic rings.